The molecule has 0 saturated carbocycles. The summed E-state index contributed by atoms with van der Waals surface area (Å²) >= 11 is 3.45. The van der Waals surface area contributed by atoms with Crippen LogP contribution in [0.1, 0.15) is 43.5 Å². The molecule has 1 heterocycles. The number of nitrogens with zero attached hydrogens (tertiary/aromatic N) is 1. The maximum Gasteiger partial charge on any atom is 0.328 e. The van der Waals surface area contributed by atoms with Crippen LogP contribution in [0.25, 0.3) is 10.9 Å². The van der Waals surface area contributed by atoms with E-state index < -0.39 is 12.0 Å². The normalized spacial score (nSPS) is 12.3. The molecule has 0 radical (unpaired) electrons. The minimum Gasteiger partial charge on any atom is -0.467 e. The summed E-state index contributed by atoms with van der Waals surface area (Å²) in [7, 11) is 1.34. The molecule has 0 aliphatic rings. The molecule has 1 atom stereocenters. The van der Waals surface area contributed by atoms with Crippen LogP contribution in [0.5, 0.6) is 0 Å². The molecule has 142 valence electrons. The number of amides is 1. The Hall–Kier alpha value is -1.82. The number of hydrogen-bond acceptors (Lipinski definition) is 3. The molecule has 1 aromatic carbocycles. The van der Waals surface area contributed by atoms with Gasteiger partial charge in [-0.05, 0) is 24.8 Å². The second-order valence-corrected chi connectivity index (χ2v) is 7.51. The van der Waals surface area contributed by atoms with Gasteiger partial charge in [0.25, 0.3) is 5.91 Å². The third-order valence-electron chi connectivity index (χ3n) is 4.47. The minimum absolute atomic E-state index is 0.0519. The van der Waals surface area contributed by atoms with Crippen molar-refractivity contribution in [2.75, 3.05) is 12.4 Å². The number of ether oxygens (including phenoxy) is 1. The van der Waals surface area contributed by atoms with E-state index in [0.29, 0.717) is 5.56 Å². The van der Waals surface area contributed by atoms with Crippen LogP contribution < -0.4 is 5.32 Å². The molecule has 0 bridgehead atoms. The molecule has 0 aliphatic carbocycles. The van der Waals surface area contributed by atoms with E-state index in [2.05, 4.69) is 25.8 Å². The van der Waals surface area contributed by atoms with Crippen molar-refractivity contribution < 1.29 is 14.3 Å². The van der Waals surface area contributed by atoms with Crippen LogP contribution in [0.4, 0.5) is 0 Å². The molecule has 6 heteroatoms. The molecule has 0 saturated heterocycles. The summed E-state index contributed by atoms with van der Waals surface area (Å²) < 4.78 is 6.94. The van der Waals surface area contributed by atoms with Gasteiger partial charge in [-0.25, -0.2) is 4.79 Å². The lowest BCUT2D eigenvalue weighted by molar-refractivity contribution is -0.144. The summed E-state index contributed by atoms with van der Waals surface area (Å²) in [5.41, 5.74) is 1.63. The van der Waals surface area contributed by atoms with E-state index >= 15 is 0 Å². The lowest BCUT2D eigenvalue weighted by atomic mass is 10.0. The summed E-state index contributed by atoms with van der Waals surface area (Å²) in [5.74, 6) is -0.722. The van der Waals surface area contributed by atoms with E-state index in [-0.39, 0.29) is 11.8 Å². The van der Waals surface area contributed by atoms with E-state index in [9.17, 15) is 9.59 Å². The van der Waals surface area contributed by atoms with Gasteiger partial charge in [0.05, 0.1) is 12.7 Å². The number of halogens is 1. The van der Waals surface area contributed by atoms with Gasteiger partial charge in [0.2, 0.25) is 0 Å². The average molecular weight is 423 g/mol. The number of unbranched alkanes of at least 4 members (excludes halogenated alkanes) is 2. The number of methoxy groups -OCH3 is 1. The number of esters is 1. The van der Waals surface area contributed by atoms with Gasteiger partial charge >= 0.3 is 5.97 Å². The van der Waals surface area contributed by atoms with Gasteiger partial charge in [-0.3, -0.25) is 4.79 Å². The van der Waals surface area contributed by atoms with Gasteiger partial charge < -0.3 is 14.6 Å². The van der Waals surface area contributed by atoms with E-state index in [1.807, 2.05) is 44.3 Å². The number of para-hydroxylation sites is 1. The number of aromatic nitrogens is 1. The molecule has 0 aliphatic heterocycles. The predicted octanol–water partition coefficient (Wildman–Crippen LogP) is 4.13. The molecule has 2 aromatic rings. The molecular formula is C20H27BrN2O3. The summed E-state index contributed by atoms with van der Waals surface area (Å²) in [6.45, 7) is 4.63. The molecule has 0 spiro atoms. The Labute approximate surface area is 163 Å². The van der Waals surface area contributed by atoms with Gasteiger partial charge in [0.15, 0.2) is 0 Å². The highest BCUT2D eigenvalue weighted by atomic mass is 79.9. The Balaban J connectivity index is 2.25. The lowest BCUT2D eigenvalue weighted by Gasteiger charge is -2.19. The number of nitrogens with one attached hydrogen (secondary N) is 1. The van der Waals surface area contributed by atoms with Crippen LogP contribution in [0.3, 0.4) is 0 Å². The van der Waals surface area contributed by atoms with E-state index in [0.717, 1.165) is 42.0 Å². The topological polar surface area (TPSA) is 60.3 Å². The van der Waals surface area contributed by atoms with Crippen LogP contribution in [0.15, 0.2) is 30.5 Å². The van der Waals surface area contributed by atoms with E-state index in [1.165, 1.54) is 7.11 Å². The molecule has 1 aromatic heterocycles. The van der Waals surface area contributed by atoms with Crippen LogP contribution >= 0.6 is 15.9 Å². The highest BCUT2D eigenvalue weighted by Crippen LogP contribution is 2.22. The zero-order valence-electron chi connectivity index (χ0n) is 15.6. The molecule has 1 N–H and O–H groups in total. The first kappa shape index (κ1) is 20.5. The van der Waals surface area contributed by atoms with Crippen molar-refractivity contribution in [2.45, 2.75) is 45.7 Å². The fraction of sp³-hybridized carbons (Fsp3) is 0.500. The highest BCUT2D eigenvalue weighted by molar-refractivity contribution is 9.09. The van der Waals surface area contributed by atoms with Crippen LogP contribution in [-0.2, 0) is 16.1 Å². The lowest BCUT2D eigenvalue weighted by Crippen LogP contribution is -2.45. The fourth-order valence-corrected chi connectivity index (χ4v) is 3.41. The first-order chi connectivity index (χ1) is 12.5. The maximum absolute atomic E-state index is 12.8. The molecule has 5 nitrogen and oxygen atoms in total. The maximum atomic E-state index is 12.8. The minimum atomic E-state index is -0.659. The number of hydrogen-bond donors (Lipinski definition) is 1. The second kappa shape index (κ2) is 9.76. The van der Waals surface area contributed by atoms with Gasteiger partial charge in [0.1, 0.15) is 6.04 Å². The van der Waals surface area contributed by atoms with Crippen molar-refractivity contribution in [2.24, 2.45) is 5.92 Å². The Bertz CT molecular complexity index is 755. The number of benzene rings is 1. The highest BCUT2D eigenvalue weighted by Gasteiger charge is 2.26. The number of aryl methyl sites for hydroxylation is 1. The van der Waals surface area contributed by atoms with Crippen molar-refractivity contribution in [3.63, 3.8) is 0 Å². The zero-order chi connectivity index (χ0) is 19.1. The van der Waals surface area contributed by atoms with Gasteiger partial charge in [-0.2, -0.15) is 0 Å². The molecule has 0 fully saturated rings. The molecule has 2 rings (SSSR count). The third kappa shape index (κ3) is 4.87. The number of carbonyl (C=O) groups excluding carboxylic acids is 2. The van der Waals surface area contributed by atoms with Gasteiger partial charge in [-0.15, -0.1) is 0 Å². The summed E-state index contributed by atoms with van der Waals surface area (Å²) in [5, 5.41) is 4.74. The number of alkyl halides is 1. The van der Waals surface area contributed by atoms with Crippen LogP contribution in [0, 0.1) is 5.92 Å². The second-order valence-electron chi connectivity index (χ2n) is 6.72. The number of rotatable bonds is 9. The Morgan fingerprint density at radius 2 is 1.92 bits per heavy atom. The van der Waals surface area contributed by atoms with Crippen LogP contribution in [0.2, 0.25) is 0 Å². The van der Waals surface area contributed by atoms with Crippen molar-refractivity contribution in [1.29, 1.82) is 0 Å². The molecule has 26 heavy (non-hydrogen) atoms. The number of carbonyl (C=O) groups is 2. The largest absolute Gasteiger partial charge is 0.467 e. The SMILES string of the molecule is COC(=O)C(NC(=O)c1cn(CCCCCBr)c2ccccc12)C(C)C. The van der Waals surface area contributed by atoms with Gasteiger partial charge in [0, 0.05) is 29.0 Å². The number of fused-ring (bicyclic) bond motifs is 1. The standard InChI is InChI=1S/C20H27BrN2O3/c1-14(2)18(20(25)26-3)22-19(24)16-13-23(12-8-4-7-11-21)17-10-6-5-9-15(16)17/h5-6,9-10,13-14,18H,4,7-8,11-12H2,1-3H3,(H,22,24). The monoisotopic (exact) mass is 422 g/mol. The first-order valence-corrected chi connectivity index (χ1v) is 10.1. The smallest absolute Gasteiger partial charge is 0.328 e. The van der Waals surface area contributed by atoms with Crippen molar-refractivity contribution >= 4 is 38.7 Å². The Morgan fingerprint density at radius 1 is 1.19 bits per heavy atom. The fourth-order valence-electron chi connectivity index (χ4n) is 3.01. The zero-order valence-corrected chi connectivity index (χ0v) is 17.2. The summed E-state index contributed by atoms with van der Waals surface area (Å²) in [6, 6.07) is 7.21. The molecule has 1 amide bonds. The summed E-state index contributed by atoms with van der Waals surface area (Å²) in [6.07, 6.45) is 5.23. The van der Waals surface area contributed by atoms with E-state index in [4.69, 9.17) is 4.74 Å². The summed E-state index contributed by atoms with van der Waals surface area (Å²) in [4.78, 5) is 24.8. The van der Waals surface area contributed by atoms with Crippen molar-refractivity contribution in [3.05, 3.63) is 36.0 Å². The van der Waals surface area contributed by atoms with E-state index in [1.54, 1.807) is 0 Å². The van der Waals surface area contributed by atoms with Gasteiger partial charge in [-0.1, -0.05) is 54.4 Å². The Kier molecular flexibility index (Phi) is 7.69. The average Bonchev–Trinajstić information content (AvgIpc) is 3.01. The molecule has 1 unspecified atom stereocenters. The Morgan fingerprint density at radius 3 is 2.58 bits per heavy atom. The van der Waals surface area contributed by atoms with Crippen LogP contribution in [-0.4, -0.2) is 34.9 Å². The first-order valence-electron chi connectivity index (χ1n) is 9.02. The molecular weight excluding hydrogens is 396 g/mol. The van der Waals surface area contributed by atoms with Crippen molar-refractivity contribution in [3.8, 4) is 0 Å². The van der Waals surface area contributed by atoms with Crippen molar-refractivity contribution in [1.82, 2.24) is 9.88 Å². The quantitative estimate of drug-likeness (QED) is 0.375. The third-order valence-corrected chi connectivity index (χ3v) is 5.03. The predicted molar refractivity (Wildman–Crippen MR) is 108 cm³/mol.